The van der Waals surface area contributed by atoms with E-state index in [0.717, 1.165) is 36.8 Å². The molecule has 1 aromatic heterocycles. The number of aromatic nitrogens is 2. The van der Waals surface area contributed by atoms with E-state index in [0.29, 0.717) is 19.6 Å². The number of hydrogen-bond acceptors (Lipinski definition) is 6. The van der Waals surface area contributed by atoms with Crippen molar-refractivity contribution < 1.29 is 9.84 Å². The first-order valence-electron chi connectivity index (χ1n) is 7.22. The van der Waals surface area contributed by atoms with Crippen LogP contribution in [0.4, 0.5) is 11.6 Å². The first-order valence-corrected chi connectivity index (χ1v) is 7.22. The zero-order valence-corrected chi connectivity index (χ0v) is 12.6. The summed E-state index contributed by atoms with van der Waals surface area (Å²) in [4.78, 5) is 8.86. The summed E-state index contributed by atoms with van der Waals surface area (Å²) in [5.74, 6) is 2.45. The van der Waals surface area contributed by atoms with Crippen LogP contribution in [0.15, 0.2) is 6.07 Å². The summed E-state index contributed by atoms with van der Waals surface area (Å²) in [7, 11) is 1.58. The second kappa shape index (κ2) is 9.50. The highest BCUT2D eigenvalue weighted by Crippen LogP contribution is 2.12. The fourth-order valence-corrected chi connectivity index (χ4v) is 1.73. The molecule has 1 heterocycles. The highest BCUT2D eigenvalue weighted by atomic mass is 16.5. The molecular weight excluding hydrogens is 256 g/mol. The zero-order chi connectivity index (χ0) is 14.8. The molecule has 0 aromatic carbocycles. The summed E-state index contributed by atoms with van der Waals surface area (Å²) >= 11 is 0. The maximum absolute atomic E-state index is 9.59. The Bertz CT molecular complexity index is 387. The number of nitrogens with zero attached hydrogens (tertiary/aromatic N) is 2. The molecule has 1 rings (SSSR count). The van der Waals surface area contributed by atoms with Crippen molar-refractivity contribution in [2.75, 3.05) is 37.4 Å². The molecule has 6 nitrogen and oxygen atoms in total. The minimum atomic E-state index is -0.447. The lowest BCUT2D eigenvalue weighted by Gasteiger charge is -2.12. The fraction of sp³-hybridized carbons (Fsp3) is 0.714. The third-order valence-corrected chi connectivity index (χ3v) is 2.79. The van der Waals surface area contributed by atoms with Gasteiger partial charge in [-0.05, 0) is 12.8 Å². The SMILES string of the molecule is CCCNc1cc(NCCC(O)COC)nc(CC)n1. The van der Waals surface area contributed by atoms with Gasteiger partial charge < -0.3 is 20.5 Å². The molecule has 0 radical (unpaired) electrons. The van der Waals surface area contributed by atoms with Crippen LogP contribution in [0.2, 0.25) is 0 Å². The topological polar surface area (TPSA) is 79.3 Å². The maximum Gasteiger partial charge on any atom is 0.132 e. The summed E-state index contributed by atoms with van der Waals surface area (Å²) < 4.78 is 4.89. The van der Waals surface area contributed by atoms with Gasteiger partial charge in [0.25, 0.3) is 0 Å². The second-order valence-electron chi connectivity index (χ2n) is 4.66. The van der Waals surface area contributed by atoms with E-state index in [1.807, 2.05) is 13.0 Å². The number of nitrogens with one attached hydrogen (secondary N) is 2. The van der Waals surface area contributed by atoms with Crippen molar-refractivity contribution in [3.8, 4) is 0 Å². The normalized spacial score (nSPS) is 12.2. The van der Waals surface area contributed by atoms with Crippen molar-refractivity contribution in [3.63, 3.8) is 0 Å². The molecule has 0 amide bonds. The lowest BCUT2D eigenvalue weighted by atomic mass is 10.2. The minimum Gasteiger partial charge on any atom is -0.391 e. The predicted molar refractivity (Wildman–Crippen MR) is 81.2 cm³/mol. The third-order valence-electron chi connectivity index (χ3n) is 2.79. The van der Waals surface area contributed by atoms with E-state index in [1.54, 1.807) is 7.11 Å². The Morgan fingerprint density at radius 2 is 1.85 bits per heavy atom. The minimum absolute atomic E-state index is 0.356. The summed E-state index contributed by atoms with van der Waals surface area (Å²) in [6.07, 6.45) is 2.02. The Morgan fingerprint density at radius 3 is 2.40 bits per heavy atom. The van der Waals surface area contributed by atoms with E-state index in [-0.39, 0.29) is 0 Å². The number of rotatable bonds is 10. The monoisotopic (exact) mass is 282 g/mol. The van der Waals surface area contributed by atoms with Gasteiger partial charge in [-0.1, -0.05) is 13.8 Å². The fourth-order valence-electron chi connectivity index (χ4n) is 1.73. The van der Waals surface area contributed by atoms with Crippen molar-refractivity contribution in [3.05, 3.63) is 11.9 Å². The van der Waals surface area contributed by atoms with Gasteiger partial charge in [0.2, 0.25) is 0 Å². The molecule has 3 N–H and O–H groups in total. The van der Waals surface area contributed by atoms with Crippen LogP contribution in [0.25, 0.3) is 0 Å². The van der Waals surface area contributed by atoms with Crippen LogP contribution in [-0.4, -0.2) is 48.0 Å². The highest BCUT2D eigenvalue weighted by Gasteiger charge is 2.05. The molecular formula is C14H26N4O2. The Morgan fingerprint density at radius 1 is 1.20 bits per heavy atom. The van der Waals surface area contributed by atoms with Crippen LogP contribution in [0.1, 0.15) is 32.5 Å². The van der Waals surface area contributed by atoms with Gasteiger partial charge in [-0.25, -0.2) is 9.97 Å². The van der Waals surface area contributed by atoms with E-state index in [4.69, 9.17) is 4.74 Å². The van der Waals surface area contributed by atoms with Crippen LogP contribution in [0.3, 0.4) is 0 Å². The third kappa shape index (κ3) is 6.16. The number of ether oxygens (including phenoxy) is 1. The lowest BCUT2D eigenvalue weighted by Crippen LogP contribution is -2.19. The van der Waals surface area contributed by atoms with E-state index in [9.17, 15) is 5.11 Å². The van der Waals surface area contributed by atoms with Crippen molar-refractivity contribution in [2.24, 2.45) is 0 Å². The molecule has 114 valence electrons. The number of aliphatic hydroxyl groups is 1. The van der Waals surface area contributed by atoms with Crippen molar-refractivity contribution >= 4 is 11.6 Å². The maximum atomic E-state index is 9.59. The van der Waals surface area contributed by atoms with Crippen molar-refractivity contribution in [1.82, 2.24) is 9.97 Å². The Kier molecular flexibility index (Phi) is 7.91. The summed E-state index contributed by atoms with van der Waals surface area (Å²) in [6, 6.07) is 1.90. The molecule has 1 atom stereocenters. The van der Waals surface area contributed by atoms with Crippen LogP contribution in [0.5, 0.6) is 0 Å². The quantitative estimate of drug-likeness (QED) is 0.606. The van der Waals surface area contributed by atoms with Gasteiger partial charge >= 0.3 is 0 Å². The van der Waals surface area contributed by atoms with E-state index in [2.05, 4.69) is 27.5 Å². The van der Waals surface area contributed by atoms with Gasteiger partial charge in [0.1, 0.15) is 17.5 Å². The molecule has 0 fully saturated rings. The highest BCUT2D eigenvalue weighted by molar-refractivity contribution is 5.47. The van der Waals surface area contributed by atoms with Crippen molar-refractivity contribution in [2.45, 2.75) is 39.2 Å². The Hall–Kier alpha value is -1.40. The Balaban J connectivity index is 2.54. The van der Waals surface area contributed by atoms with Crippen LogP contribution in [-0.2, 0) is 11.2 Å². The Labute approximate surface area is 121 Å². The average Bonchev–Trinajstić information content (AvgIpc) is 2.45. The number of hydrogen-bond donors (Lipinski definition) is 3. The number of aryl methyl sites for hydroxylation is 1. The van der Waals surface area contributed by atoms with Gasteiger partial charge in [0.05, 0.1) is 12.7 Å². The molecule has 0 saturated carbocycles. The largest absolute Gasteiger partial charge is 0.391 e. The molecule has 6 heteroatoms. The molecule has 0 spiro atoms. The number of methoxy groups -OCH3 is 1. The van der Waals surface area contributed by atoms with Crippen LogP contribution >= 0.6 is 0 Å². The summed E-state index contributed by atoms with van der Waals surface area (Å²) in [5.41, 5.74) is 0. The van der Waals surface area contributed by atoms with Gasteiger partial charge in [-0.3, -0.25) is 0 Å². The van der Waals surface area contributed by atoms with Crippen LogP contribution in [0, 0.1) is 0 Å². The van der Waals surface area contributed by atoms with E-state index >= 15 is 0 Å². The zero-order valence-electron chi connectivity index (χ0n) is 12.6. The van der Waals surface area contributed by atoms with E-state index < -0.39 is 6.10 Å². The first-order chi connectivity index (χ1) is 9.69. The second-order valence-corrected chi connectivity index (χ2v) is 4.66. The molecule has 0 saturated heterocycles. The molecule has 1 aromatic rings. The molecule has 0 aliphatic rings. The summed E-state index contributed by atoms with van der Waals surface area (Å²) in [6.45, 7) is 6.05. The smallest absolute Gasteiger partial charge is 0.132 e. The molecule has 1 unspecified atom stereocenters. The van der Waals surface area contributed by atoms with E-state index in [1.165, 1.54) is 0 Å². The van der Waals surface area contributed by atoms with Crippen molar-refractivity contribution in [1.29, 1.82) is 0 Å². The van der Waals surface area contributed by atoms with Crippen LogP contribution < -0.4 is 10.6 Å². The molecule has 0 aliphatic heterocycles. The number of aliphatic hydroxyl groups excluding tert-OH is 1. The molecule has 20 heavy (non-hydrogen) atoms. The average molecular weight is 282 g/mol. The predicted octanol–water partition coefficient (Wildman–Crippen LogP) is 1.67. The number of anilines is 2. The van der Waals surface area contributed by atoms with Gasteiger partial charge in [0, 0.05) is 32.7 Å². The lowest BCUT2D eigenvalue weighted by molar-refractivity contribution is 0.0615. The summed E-state index contributed by atoms with van der Waals surface area (Å²) in [5, 5.41) is 16.1. The first kappa shape index (κ1) is 16.7. The van der Waals surface area contributed by atoms with Gasteiger partial charge in [-0.2, -0.15) is 0 Å². The molecule has 0 aliphatic carbocycles. The van der Waals surface area contributed by atoms with Gasteiger partial charge in [0.15, 0.2) is 0 Å². The standard InChI is InChI=1S/C14H26N4O2/c1-4-7-15-13-9-14(18-12(5-2)17-13)16-8-6-11(19)10-20-3/h9,11,19H,4-8,10H2,1-3H3,(H2,15,16,17,18). The molecule has 0 bridgehead atoms. The van der Waals surface area contributed by atoms with Gasteiger partial charge in [-0.15, -0.1) is 0 Å².